The van der Waals surface area contributed by atoms with E-state index in [1.54, 1.807) is 0 Å². The number of nitrogens with zero attached hydrogens (tertiary/aromatic N) is 1. The predicted octanol–water partition coefficient (Wildman–Crippen LogP) is 4.24. The van der Waals surface area contributed by atoms with Crippen molar-refractivity contribution >= 4 is 17.2 Å². The predicted molar refractivity (Wildman–Crippen MR) is 102 cm³/mol. The molecule has 2 aromatic rings. The molecular formula is C19H20F6N2O3S. The molecule has 0 aliphatic carbocycles. The fraction of sp³-hybridized carbons (Fsp3) is 0.474. The van der Waals surface area contributed by atoms with Crippen LogP contribution in [0, 0.1) is 13.8 Å². The molecule has 0 aliphatic heterocycles. The Hall–Kier alpha value is -2.18. The monoisotopic (exact) mass is 470 g/mol. The lowest BCUT2D eigenvalue weighted by Crippen LogP contribution is -2.53. The molecule has 0 bridgehead atoms. The minimum absolute atomic E-state index is 0.0160. The number of hydrogen-bond acceptors (Lipinski definition) is 5. The van der Waals surface area contributed by atoms with E-state index in [0.717, 1.165) is 17.4 Å². The number of carbonyl (C=O) groups is 1. The molecule has 2 rings (SSSR count). The third-order valence-corrected chi connectivity index (χ3v) is 5.57. The molecule has 0 aliphatic rings. The SMILES string of the molecule is Cc1cc(C(O)(C(F)(F)F)C(F)(F)F)ccc1-c1sc(C(=O)NCC(C)(C)O)nc1C. The molecule has 0 spiro atoms. The molecule has 0 radical (unpaired) electrons. The molecule has 1 aromatic heterocycles. The van der Waals surface area contributed by atoms with Crippen LogP contribution in [0.1, 0.15) is 40.5 Å². The highest BCUT2D eigenvalue weighted by Gasteiger charge is 2.71. The highest BCUT2D eigenvalue weighted by Crippen LogP contribution is 2.50. The van der Waals surface area contributed by atoms with Crippen LogP contribution in [0.5, 0.6) is 0 Å². The first kappa shape index (κ1) is 25.1. The summed E-state index contributed by atoms with van der Waals surface area (Å²) in [6, 6.07) is 2.19. The summed E-state index contributed by atoms with van der Waals surface area (Å²) >= 11 is 0.898. The van der Waals surface area contributed by atoms with Crippen LogP contribution < -0.4 is 5.32 Å². The normalized spacial score (nSPS) is 13.4. The molecule has 3 N–H and O–H groups in total. The minimum Gasteiger partial charge on any atom is -0.389 e. The molecule has 0 unspecified atom stereocenters. The highest BCUT2D eigenvalue weighted by molar-refractivity contribution is 7.17. The van der Waals surface area contributed by atoms with Gasteiger partial charge in [-0.1, -0.05) is 18.2 Å². The van der Waals surface area contributed by atoms with Crippen LogP contribution in [0.4, 0.5) is 26.3 Å². The van der Waals surface area contributed by atoms with Crippen LogP contribution in [0.25, 0.3) is 10.4 Å². The van der Waals surface area contributed by atoms with Crippen LogP contribution in [0.2, 0.25) is 0 Å². The van der Waals surface area contributed by atoms with Gasteiger partial charge in [-0.3, -0.25) is 4.79 Å². The van der Waals surface area contributed by atoms with Crippen molar-refractivity contribution in [1.82, 2.24) is 10.3 Å². The van der Waals surface area contributed by atoms with Gasteiger partial charge in [0.1, 0.15) is 0 Å². The molecule has 12 heteroatoms. The van der Waals surface area contributed by atoms with Gasteiger partial charge in [-0.25, -0.2) is 4.98 Å². The average molecular weight is 470 g/mol. The summed E-state index contributed by atoms with van der Waals surface area (Å²) in [5.41, 5.74) is -6.90. The Kier molecular flexibility index (Phi) is 6.52. The summed E-state index contributed by atoms with van der Waals surface area (Å²) in [5, 5.41) is 21.7. The summed E-state index contributed by atoms with van der Waals surface area (Å²) in [7, 11) is 0. The molecule has 0 fully saturated rings. The summed E-state index contributed by atoms with van der Waals surface area (Å²) < 4.78 is 78.7. The zero-order valence-electron chi connectivity index (χ0n) is 16.9. The highest BCUT2D eigenvalue weighted by atomic mass is 32.1. The Morgan fingerprint density at radius 1 is 1.06 bits per heavy atom. The van der Waals surface area contributed by atoms with Gasteiger partial charge in [0.2, 0.25) is 0 Å². The van der Waals surface area contributed by atoms with Crippen molar-refractivity contribution in [2.24, 2.45) is 0 Å². The fourth-order valence-electron chi connectivity index (χ4n) is 2.75. The molecule has 0 atom stereocenters. The number of carbonyl (C=O) groups excluding carboxylic acids is 1. The molecule has 1 aromatic carbocycles. The maximum absolute atomic E-state index is 13.1. The quantitative estimate of drug-likeness (QED) is 0.571. The first-order chi connectivity index (χ1) is 13.9. The fourth-order valence-corrected chi connectivity index (χ4v) is 3.82. The first-order valence-corrected chi connectivity index (χ1v) is 9.65. The van der Waals surface area contributed by atoms with Crippen molar-refractivity contribution in [3.63, 3.8) is 0 Å². The van der Waals surface area contributed by atoms with E-state index in [0.29, 0.717) is 22.7 Å². The van der Waals surface area contributed by atoms with Crippen LogP contribution >= 0.6 is 11.3 Å². The van der Waals surface area contributed by atoms with E-state index in [9.17, 15) is 41.4 Å². The second-order valence-corrected chi connectivity index (χ2v) is 8.66. The first-order valence-electron chi connectivity index (χ1n) is 8.84. The molecular weight excluding hydrogens is 450 g/mol. The van der Waals surface area contributed by atoms with Crippen molar-refractivity contribution in [2.45, 2.75) is 51.2 Å². The van der Waals surface area contributed by atoms with Crippen molar-refractivity contribution in [3.8, 4) is 10.4 Å². The largest absolute Gasteiger partial charge is 0.430 e. The van der Waals surface area contributed by atoms with E-state index >= 15 is 0 Å². The van der Waals surface area contributed by atoms with Gasteiger partial charge in [-0.2, -0.15) is 26.3 Å². The van der Waals surface area contributed by atoms with Crippen LogP contribution in [0.15, 0.2) is 18.2 Å². The maximum Gasteiger partial charge on any atom is 0.430 e. The minimum atomic E-state index is -5.98. The van der Waals surface area contributed by atoms with Gasteiger partial charge < -0.3 is 15.5 Å². The van der Waals surface area contributed by atoms with Crippen LogP contribution in [-0.2, 0) is 5.60 Å². The molecule has 1 amide bonds. The average Bonchev–Trinajstić information content (AvgIpc) is 2.97. The van der Waals surface area contributed by atoms with Crippen molar-refractivity contribution in [1.29, 1.82) is 0 Å². The molecule has 0 saturated heterocycles. The van der Waals surface area contributed by atoms with Crippen molar-refractivity contribution in [2.75, 3.05) is 6.54 Å². The lowest BCUT2D eigenvalue weighted by Gasteiger charge is -2.33. The second kappa shape index (κ2) is 8.06. The van der Waals surface area contributed by atoms with Gasteiger partial charge in [0.15, 0.2) is 5.01 Å². The van der Waals surface area contributed by atoms with Gasteiger partial charge in [-0.05, 0) is 38.8 Å². The Bertz CT molecular complexity index is 962. The van der Waals surface area contributed by atoms with Gasteiger partial charge in [0.25, 0.3) is 11.5 Å². The van der Waals surface area contributed by atoms with Crippen LogP contribution in [0.3, 0.4) is 0 Å². The third kappa shape index (κ3) is 5.01. The van der Waals surface area contributed by atoms with Crippen molar-refractivity contribution < 1.29 is 41.4 Å². The van der Waals surface area contributed by atoms with Gasteiger partial charge in [0, 0.05) is 12.1 Å². The second-order valence-electron chi connectivity index (χ2n) is 7.66. The number of nitrogens with one attached hydrogen (secondary N) is 1. The summed E-state index contributed by atoms with van der Waals surface area (Å²) in [6.07, 6.45) is -12.0. The van der Waals surface area contributed by atoms with Gasteiger partial charge in [-0.15, -0.1) is 11.3 Å². The zero-order valence-corrected chi connectivity index (χ0v) is 17.7. The zero-order chi connectivity index (χ0) is 24.0. The molecule has 0 saturated carbocycles. The number of amides is 1. The number of aliphatic hydroxyl groups is 2. The number of hydrogen-bond donors (Lipinski definition) is 3. The molecule has 1 heterocycles. The standard InChI is InChI=1S/C19H20F6N2O3S/c1-9-7-11(17(30,18(20,21)22)19(23,24)25)5-6-12(9)13-10(2)27-15(31-13)14(28)26-8-16(3,4)29/h5-7,29-30H,8H2,1-4H3,(H,26,28). The summed E-state index contributed by atoms with van der Waals surface area (Å²) in [4.78, 5) is 16.7. The third-order valence-electron chi connectivity index (χ3n) is 4.38. The number of rotatable bonds is 5. The van der Waals surface area contributed by atoms with Gasteiger partial charge in [0.05, 0.1) is 16.2 Å². The Morgan fingerprint density at radius 3 is 2.06 bits per heavy atom. The lowest BCUT2D eigenvalue weighted by molar-refractivity contribution is -0.376. The number of alkyl halides is 6. The Morgan fingerprint density at radius 2 is 1.61 bits per heavy atom. The number of thiazole rings is 1. The van der Waals surface area contributed by atoms with Crippen LogP contribution in [-0.4, -0.2) is 45.6 Å². The van der Waals surface area contributed by atoms with Crippen molar-refractivity contribution in [3.05, 3.63) is 40.0 Å². The van der Waals surface area contributed by atoms with E-state index < -0.39 is 35.0 Å². The van der Waals surface area contributed by atoms with E-state index in [1.807, 2.05) is 0 Å². The number of benzene rings is 1. The molecule has 31 heavy (non-hydrogen) atoms. The van der Waals surface area contributed by atoms with E-state index in [2.05, 4.69) is 10.3 Å². The Balaban J connectivity index is 2.45. The van der Waals surface area contributed by atoms with E-state index in [-0.39, 0.29) is 22.7 Å². The number of halogens is 6. The number of aromatic nitrogens is 1. The Labute approximate surface area is 177 Å². The molecule has 172 valence electrons. The summed E-state index contributed by atoms with van der Waals surface area (Å²) in [6.45, 7) is 5.74. The van der Waals surface area contributed by atoms with E-state index in [4.69, 9.17) is 0 Å². The lowest BCUT2D eigenvalue weighted by atomic mass is 9.89. The topological polar surface area (TPSA) is 82.5 Å². The summed E-state index contributed by atoms with van der Waals surface area (Å²) in [5.74, 6) is -0.584. The smallest absolute Gasteiger partial charge is 0.389 e. The number of aryl methyl sites for hydroxylation is 2. The molecule has 5 nitrogen and oxygen atoms in total. The maximum atomic E-state index is 13.1. The van der Waals surface area contributed by atoms with E-state index in [1.165, 1.54) is 27.7 Å². The van der Waals surface area contributed by atoms with Gasteiger partial charge >= 0.3 is 12.4 Å².